The lowest BCUT2D eigenvalue weighted by atomic mass is 9.95. The first kappa shape index (κ1) is 33.0. The highest BCUT2D eigenvalue weighted by Crippen LogP contribution is 2.44. The molecule has 1 N–H and O–H groups in total. The molecule has 6 rings (SSSR count). The Morgan fingerprint density at radius 3 is 2.27 bits per heavy atom. The van der Waals surface area contributed by atoms with Gasteiger partial charge in [0.2, 0.25) is 5.13 Å². The number of hydrogen-bond donors (Lipinski definition) is 1. The van der Waals surface area contributed by atoms with Gasteiger partial charge in [-0.15, -0.1) is 10.2 Å². The minimum absolute atomic E-state index is 0.0280. The number of nitrogens with zero attached hydrogens (tertiary/aromatic N) is 3. The zero-order valence-electron chi connectivity index (χ0n) is 26.9. The van der Waals surface area contributed by atoms with Crippen molar-refractivity contribution in [2.45, 2.75) is 49.9 Å². The molecule has 0 aliphatic carbocycles. The van der Waals surface area contributed by atoms with E-state index in [2.05, 4.69) is 40.5 Å². The number of aliphatic hydroxyl groups is 1. The Morgan fingerprint density at radius 2 is 1.56 bits per heavy atom. The molecular formula is C38H35N3O5S2. The predicted molar refractivity (Wildman–Crippen MR) is 190 cm³/mol. The Balaban J connectivity index is 1.30. The van der Waals surface area contributed by atoms with Crippen LogP contribution in [0.3, 0.4) is 0 Å². The number of anilines is 1. The summed E-state index contributed by atoms with van der Waals surface area (Å²) in [5.41, 5.74) is 5.50. The maximum Gasteiger partial charge on any atom is 0.301 e. The van der Waals surface area contributed by atoms with E-state index in [-0.39, 0.29) is 16.5 Å². The van der Waals surface area contributed by atoms with Crippen LogP contribution in [0.4, 0.5) is 5.13 Å². The van der Waals surface area contributed by atoms with Crippen LogP contribution in [-0.2, 0) is 21.9 Å². The van der Waals surface area contributed by atoms with Crippen LogP contribution in [0.2, 0.25) is 0 Å². The second-order valence-corrected chi connectivity index (χ2v) is 13.7. The van der Waals surface area contributed by atoms with Gasteiger partial charge < -0.3 is 14.6 Å². The number of amides is 1. The number of benzene rings is 4. The molecule has 2 heterocycles. The first-order valence-corrected chi connectivity index (χ1v) is 17.5. The van der Waals surface area contributed by atoms with Crippen LogP contribution in [0.5, 0.6) is 11.5 Å². The number of ketones is 1. The number of rotatable bonds is 12. The molecule has 4 aromatic carbocycles. The van der Waals surface area contributed by atoms with Crippen LogP contribution in [-0.4, -0.2) is 33.6 Å². The topological polar surface area (TPSA) is 102 Å². The molecule has 0 saturated carbocycles. The van der Waals surface area contributed by atoms with Gasteiger partial charge in [-0.1, -0.05) is 102 Å². The molecule has 1 saturated heterocycles. The fourth-order valence-corrected chi connectivity index (χ4v) is 7.16. The molecule has 1 fully saturated rings. The van der Waals surface area contributed by atoms with Gasteiger partial charge in [0.05, 0.1) is 18.2 Å². The summed E-state index contributed by atoms with van der Waals surface area (Å²) in [6.45, 7) is 7.06. The third-order valence-corrected chi connectivity index (χ3v) is 9.94. The number of aryl methyl sites for hydroxylation is 2. The van der Waals surface area contributed by atoms with Crippen LogP contribution in [0.25, 0.3) is 5.76 Å². The van der Waals surface area contributed by atoms with Crippen molar-refractivity contribution in [1.82, 2.24) is 10.2 Å². The Labute approximate surface area is 288 Å². The molecule has 0 spiro atoms. The van der Waals surface area contributed by atoms with E-state index in [1.807, 2.05) is 39.0 Å². The second-order valence-electron chi connectivity index (χ2n) is 11.5. The predicted octanol–water partition coefficient (Wildman–Crippen LogP) is 8.44. The average Bonchev–Trinajstić information content (AvgIpc) is 3.67. The van der Waals surface area contributed by atoms with E-state index < -0.39 is 17.7 Å². The number of Topliss-reactive ketones (excluding diaryl/α,β-unsaturated/α-hetero) is 1. The van der Waals surface area contributed by atoms with Crippen molar-refractivity contribution in [2.75, 3.05) is 11.5 Å². The van der Waals surface area contributed by atoms with E-state index in [1.54, 1.807) is 48.5 Å². The van der Waals surface area contributed by atoms with Crippen molar-refractivity contribution in [3.05, 3.63) is 136 Å². The first-order valence-electron chi connectivity index (χ1n) is 15.6. The fourth-order valence-electron chi connectivity index (χ4n) is 5.33. The molecule has 5 aromatic rings. The van der Waals surface area contributed by atoms with Crippen molar-refractivity contribution in [2.24, 2.45) is 0 Å². The monoisotopic (exact) mass is 677 g/mol. The van der Waals surface area contributed by atoms with Gasteiger partial charge >= 0.3 is 5.91 Å². The Bertz CT molecular complexity index is 1940. The lowest BCUT2D eigenvalue weighted by Crippen LogP contribution is -2.29. The zero-order valence-corrected chi connectivity index (χ0v) is 28.5. The summed E-state index contributed by atoms with van der Waals surface area (Å²) in [6, 6.07) is 29.4. The number of hydrogen-bond acceptors (Lipinski definition) is 9. The van der Waals surface area contributed by atoms with E-state index in [0.29, 0.717) is 45.9 Å². The summed E-state index contributed by atoms with van der Waals surface area (Å²) < 4.78 is 12.4. The minimum atomic E-state index is -0.926. The lowest BCUT2D eigenvalue weighted by molar-refractivity contribution is -0.132. The summed E-state index contributed by atoms with van der Waals surface area (Å²) in [4.78, 5) is 28.7. The number of aromatic nitrogens is 2. The van der Waals surface area contributed by atoms with Crippen LogP contribution >= 0.6 is 23.1 Å². The van der Waals surface area contributed by atoms with E-state index in [4.69, 9.17) is 9.47 Å². The first-order chi connectivity index (χ1) is 23.3. The van der Waals surface area contributed by atoms with Gasteiger partial charge in [-0.25, -0.2) is 0 Å². The summed E-state index contributed by atoms with van der Waals surface area (Å²) in [6.07, 6.45) is 0.860. The SMILES string of the molecule is CCCOc1ccc(C2/C(=C(\O)c3ccc(OCc4cccc(C)c4)cc3)C(=O)C(=O)N2c2nnc(SCc3ccc(C)cc3)s2)cc1. The van der Waals surface area contributed by atoms with Gasteiger partial charge in [-0.05, 0) is 73.4 Å². The highest BCUT2D eigenvalue weighted by molar-refractivity contribution is 8.00. The second kappa shape index (κ2) is 14.9. The standard InChI is InChI=1S/C38H35N3O5S2/c1-4-20-45-30-16-12-28(13-17-30)33-32(34(42)29-14-18-31(19-15-29)46-22-27-7-5-6-25(3)21-27)35(43)36(44)41(33)37-39-40-38(48-37)47-23-26-10-8-24(2)9-11-26/h5-19,21,33,42H,4,20,22-23H2,1-3H3/b34-32+. The Morgan fingerprint density at radius 1 is 0.854 bits per heavy atom. The van der Waals surface area contributed by atoms with Crippen LogP contribution < -0.4 is 14.4 Å². The van der Waals surface area contributed by atoms with Crippen molar-refractivity contribution in [3.63, 3.8) is 0 Å². The van der Waals surface area contributed by atoms with E-state index >= 15 is 0 Å². The molecule has 1 aliphatic rings. The van der Waals surface area contributed by atoms with Crippen molar-refractivity contribution in [1.29, 1.82) is 0 Å². The average molecular weight is 678 g/mol. The molecule has 1 aromatic heterocycles. The maximum atomic E-state index is 13.7. The molecule has 244 valence electrons. The van der Waals surface area contributed by atoms with Crippen molar-refractivity contribution >= 4 is 45.7 Å². The van der Waals surface area contributed by atoms with Crippen LogP contribution in [0, 0.1) is 13.8 Å². The number of aliphatic hydroxyl groups excluding tert-OH is 1. The number of carbonyl (C=O) groups excluding carboxylic acids is 2. The molecule has 8 nitrogen and oxygen atoms in total. The molecule has 1 aliphatic heterocycles. The summed E-state index contributed by atoms with van der Waals surface area (Å²) >= 11 is 2.74. The van der Waals surface area contributed by atoms with Crippen LogP contribution in [0.1, 0.15) is 52.8 Å². The summed E-state index contributed by atoms with van der Waals surface area (Å²) in [7, 11) is 0. The third kappa shape index (κ3) is 7.45. The van der Waals surface area contributed by atoms with Gasteiger partial charge in [0.1, 0.15) is 23.9 Å². The van der Waals surface area contributed by atoms with Crippen LogP contribution in [0.15, 0.2) is 107 Å². The Kier molecular flexibility index (Phi) is 10.2. The molecule has 1 unspecified atom stereocenters. The smallest absolute Gasteiger partial charge is 0.301 e. The third-order valence-electron chi connectivity index (χ3n) is 7.81. The highest BCUT2D eigenvalue weighted by Gasteiger charge is 2.48. The number of thioether (sulfide) groups is 1. The summed E-state index contributed by atoms with van der Waals surface area (Å²) in [5, 5.41) is 20.5. The molecule has 10 heteroatoms. The van der Waals surface area contributed by atoms with Gasteiger partial charge in [-0.2, -0.15) is 0 Å². The molecule has 0 bridgehead atoms. The molecule has 0 radical (unpaired) electrons. The van der Waals surface area contributed by atoms with Gasteiger partial charge in [0, 0.05) is 11.3 Å². The van der Waals surface area contributed by atoms with E-state index in [1.165, 1.54) is 33.6 Å². The maximum absolute atomic E-state index is 13.7. The molecule has 48 heavy (non-hydrogen) atoms. The van der Waals surface area contributed by atoms with E-state index in [0.717, 1.165) is 23.1 Å². The quantitative estimate of drug-likeness (QED) is 0.0462. The normalized spacial score (nSPS) is 15.6. The van der Waals surface area contributed by atoms with Gasteiger partial charge in [0.15, 0.2) is 4.34 Å². The van der Waals surface area contributed by atoms with E-state index in [9.17, 15) is 14.7 Å². The highest BCUT2D eigenvalue weighted by atomic mass is 32.2. The molecule has 1 amide bonds. The largest absolute Gasteiger partial charge is 0.507 e. The zero-order chi connectivity index (χ0) is 33.6. The molecular weight excluding hydrogens is 643 g/mol. The summed E-state index contributed by atoms with van der Waals surface area (Å²) in [5.74, 6) is 0.101. The van der Waals surface area contributed by atoms with Gasteiger partial charge in [-0.3, -0.25) is 14.5 Å². The lowest BCUT2D eigenvalue weighted by Gasteiger charge is -2.22. The Hall–Kier alpha value is -4.93. The van der Waals surface area contributed by atoms with Crippen molar-refractivity contribution in [3.8, 4) is 11.5 Å². The number of carbonyl (C=O) groups is 2. The molecule has 1 atom stereocenters. The minimum Gasteiger partial charge on any atom is -0.507 e. The number of ether oxygens (including phenoxy) is 2. The van der Waals surface area contributed by atoms with Gasteiger partial charge in [0.25, 0.3) is 5.78 Å². The van der Waals surface area contributed by atoms with Crippen molar-refractivity contribution < 1.29 is 24.2 Å². The fraction of sp³-hybridized carbons (Fsp3) is 0.211.